The fraction of sp³-hybridized carbons (Fsp3) is 0.526. The van der Waals surface area contributed by atoms with Crippen LogP contribution in [0, 0.1) is 24.6 Å². The van der Waals surface area contributed by atoms with Crippen LogP contribution in [0.4, 0.5) is 4.39 Å². The fourth-order valence-electron chi connectivity index (χ4n) is 4.10. The topological polar surface area (TPSA) is 71.1 Å². The number of likely N-dealkylation sites (tertiary alicyclic amines) is 1. The summed E-state index contributed by atoms with van der Waals surface area (Å²) in [4.78, 5) is 18.8. The number of halogens is 1. The number of hydrogen-bond donors (Lipinski definition) is 1. The number of carbonyl (C=O) groups is 1. The number of hydrogen-bond acceptors (Lipinski definition) is 4. The molecule has 1 N–H and O–H groups in total. The van der Waals surface area contributed by atoms with Crippen molar-refractivity contribution in [2.75, 3.05) is 19.7 Å². The first-order valence-electron chi connectivity index (χ1n) is 9.11. The number of aryl methyl sites for hydroxylation is 1. The van der Waals surface area contributed by atoms with Crippen LogP contribution in [-0.4, -0.2) is 51.8 Å². The zero-order valence-corrected chi connectivity index (χ0v) is 14.8. The molecule has 2 saturated heterocycles. The number of piperidine rings is 1. The maximum atomic E-state index is 13.8. The molecule has 0 radical (unpaired) electrons. The van der Waals surface area contributed by atoms with Crippen LogP contribution in [0.1, 0.15) is 23.6 Å². The van der Waals surface area contributed by atoms with Gasteiger partial charge >= 0.3 is 0 Å². The number of nitrogens with one attached hydrogen (secondary N) is 1. The first-order valence-corrected chi connectivity index (χ1v) is 9.11. The van der Waals surface area contributed by atoms with E-state index in [0.29, 0.717) is 43.5 Å². The van der Waals surface area contributed by atoms with Crippen molar-refractivity contribution in [3.63, 3.8) is 0 Å². The molecule has 1 amide bonds. The van der Waals surface area contributed by atoms with Gasteiger partial charge in [0.2, 0.25) is 5.91 Å². The number of amides is 1. The van der Waals surface area contributed by atoms with E-state index < -0.39 is 0 Å². The molecule has 2 aromatic rings. The van der Waals surface area contributed by atoms with Gasteiger partial charge in [-0.2, -0.15) is 5.10 Å². The first-order chi connectivity index (χ1) is 12.6. The van der Waals surface area contributed by atoms with E-state index in [2.05, 4.69) is 15.2 Å². The highest BCUT2D eigenvalue weighted by Gasteiger charge is 2.42. The molecule has 0 unspecified atom stereocenters. The van der Waals surface area contributed by atoms with Gasteiger partial charge in [-0.1, -0.05) is 18.2 Å². The monoisotopic (exact) mass is 358 g/mol. The highest BCUT2D eigenvalue weighted by Crippen LogP contribution is 2.35. The predicted molar refractivity (Wildman–Crippen MR) is 92.8 cm³/mol. The molecule has 4 rings (SSSR count). The SMILES string of the molecule is Cc1nc(C[C@@H]2OC[C@@H]3CN(C(=O)Cc4ccccc4F)CC[C@@H]32)n[nH]1. The molecule has 0 bridgehead atoms. The molecule has 3 atom stereocenters. The van der Waals surface area contributed by atoms with Crippen LogP contribution >= 0.6 is 0 Å². The van der Waals surface area contributed by atoms with Crippen molar-refractivity contribution in [1.29, 1.82) is 0 Å². The molecule has 138 valence electrons. The van der Waals surface area contributed by atoms with Gasteiger partial charge in [0.25, 0.3) is 0 Å². The normalized spacial score (nSPS) is 25.3. The van der Waals surface area contributed by atoms with Gasteiger partial charge in [-0.05, 0) is 30.9 Å². The Balaban J connectivity index is 1.35. The van der Waals surface area contributed by atoms with Crippen molar-refractivity contribution in [2.24, 2.45) is 11.8 Å². The maximum absolute atomic E-state index is 13.8. The minimum Gasteiger partial charge on any atom is -0.377 e. The fourth-order valence-corrected chi connectivity index (χ4v) is 4.10. The third-order valence-corrected chi connectivity index (χ3v) is 5.47. The number of rotatable bonds is 4. The van der Waals surface area contributed by atoms with Crippen molar-refractivity contribution in [3.8, 4) is 0 Å². The summed E-state index contributed by atoms with van der Waals surface area (Å²) in [5.74, 6) is 2.02. The largest absolute Gasteiger partial charge is 0.377 e. The third-order valence-electron chi connectivity index (χ3n) is 5.47. The van der Waals surface area contributed by atoms with Crippen LogP contribution in [0.25, 0.3) is 0 Å². The molecule has 1 aromatic carbocycles. The van der Waals surface area contributed by atoms with E-state index in [9.17, 15) is 9.18 Å². The van der Waals surface area contributed by atoms with E-state index in [-0.39, 0.29) is 24.2 Å². The van der Waals surface area contributed by atoms with Crippen molar-refractivity contribution >= 4 is 5.91 Å². The van der Waals surface area contributed by atoms with E-state index >= 15 is 0 Å². The minimum absolute atomic E-state index is 0.0124. The number of nitrogens with zero attached hydrogens (tertiary/aromatic N) is 3. The summed E-state index contributed by atoms with van der Waals surface area (Å²) in [6, 6.07) is 6.47. The van der Waals surface area contributed by atoms with E-state index in [1.54, 1.807) is 18.2 Å². The van der Waals surface area contributed by atoms with Gasteiger partial charge in [-0.3, -0.25) is 9.89 Å². The Morgan fingerprint density at radius 1 is 1.42 bits per heavy atom. The highest BCUT2D eigenvalue weighted by molar-refractivity contribution is 5.79. The van der Waals surface area contributed by atoms with Gasteiger partial charge in [-0.25, -0.2) is 9.37 Å². The average Bonchev–Trinajstić information content (AvgIpc) is 3.23. The molecular weight excluding hydrogens is 335 g/mol. The zero-order valence-electron chi connectivity index (χ0n) is 14.8. The first kappa shape index (κ1) is 17.1. The van der Waals surface area contributed by atoms with Gasteiger partial charge in [-0.15, -0.1) is 0 Å². The number of ether oxygens (including phenoxy) is 1. The second-order valence-electron chi connectivity index (χ2n) is 7.23. The number of carbonyl (C=O) groups excluding carboxylic acids is 1. The lowest BCUT2D eigenvalue weighted by Crippen LogP contribution is -2.45. The van der Waals surface area contributed by atoms with E-state index in [1.165, 1.54) is 6.07 Å². The Morgan fingerprint density at radius 2 is 2.27 bits per heavy atom. The molecule has 2 aliphatic rings. The Morgan fingerprint density at radius 3 is 3.04 bits per heavy atom. The van der Waals surface area contributed by atoms with Crippen LogP contribution in [0.5, 0.6) is 0 Å². The lowest BCUT2D eigenvalue weighted by Gasteiger charge is -2.35. The summed E-state index contributed by atoms with van der Waals surface area (Å²) in [5.41, 5.74) is 0.458. The van der Waals surface area contributed by atoms with Crippen LogP contribution in [0.3, 0.4) is 0 Å². The maximum Gasteiger partial charge on any atom is 0.227 e. The van der Waals surface area contributed by atoms with Gasteiger partial charge in [0, 0.05) is 25.4 Å². The summed E-state index contributed by atoms with van der Waals surface area (Å²) in [5, 5.41) is 7.06. The summed E-state index contributed by atoms with van der Waals surface area (Å²) >= 11 is 0. The standard InChI is InChI=1S/C19H23FN4O2/c1-12-21-18(23-22-12)9-17-15-6-7-24(10-14(15)11-26-17)19(25)8-13-4-2-3-5-16(13)20/h2-5,14-15,17H,6-11H2,1H3,(H,21,22,23)/t14-,15-,17-/m0/s1. The van der Waals surface area contributed by atoms with E-state index in [0.717, 1.165) is 18.1 Å². The highest BCUT2D eigenvalue weighted by atomic mass is 19.1. The molecule has 3 heterocycles. The Hall–Kier alpha value is -2.28. The number of aromatic nitrogens is 3. The molecule has 26 heavy (non-hydrogen) atoms. The Bertz CT molecular complexity index is 793. The lowest BCUT2D eigenvalue weighted by molar-refractivity contribution is -0.132. The molecule has 1 aromatic heterocycles. The molecule has 0 spiro atoms. The predicted octanol–water partition coefficient (Wildman–Crippen LogP) is 1.90. The summed E-state index contributed by atoms with van der Waals surface area (Å²) < 4.78 is 19.8. The third kappa shape index (κ3) is 3.49. The van der Waals surface area contributed by atoms with Gasteiger partial charge < -0.3 is 9.64 Å². The second-order valence-corrected chi connectivity index (χ2v) is 7.23. The lowest BCUT2D eigenvalue weighted by atomic mass is 9.83. The van der Waals surface area contributed by atoms with Crippen molar-refractivity contribution in [2.45, 2.75) is 32.3 Å². The molecular formula is C19H23FN4O2. The van der Waals surface area contributed by atoms with Crippen molar-refractivity contribution in [1.82, 2.24) is 20.1 Å². The summed E-state index contributed by atoms with van der Waals surface area (Å²) in [6.07, 6.45) is 1.83. The number of aromatic amines is 1. The van der Waals surface area contributed by atoms with Crippen LogP contribution in [0.2, 0.25) is 0 Å². The smallest absolute Gasteiger partial charge is 0.227 e. The van der Waals surface area contributed by atoms with Gasteiger partial charge in [0.15, 0.2) is 5.82 Å². The number of H-pyrrole nitrogens is 1. The van der Waals surface area contributed by atoms with Crippen LogP contribution < -0.4 is 0 Å². The molecule has 7 heteroatoms. The van der Waals surface area contributed by atoms with E-state index in [1.807, 2.05) is 11.8 Å². The average molecular weight is 358 g/mol. The van der Waals surface area contributed by atoms with Crippen molar-refractivity contribution < 1.29 is 13.9 Å². The Labute approximate surface area is 151 Å². The number of benzene rings is 1. The van der Waals surface area contributed by atoms with Gasteiger partial charge in [0.1, 0.15) is 11.6 Å². The number of fused-ring (bicyclic) bond motifs is 1. The quantitative estimate of drug-likeness (QED) is 0.906. The minimum atomic E-state index is -0.318. The molecule has 0 saturated carbocycles. The van der Waals surface area contributed by atoms with Crippen LogP contribution in [-0.2, 0) is 22.4 Å². The Kier molecular flexibility index (Phi) is 4.72. The van der Waals surface area contributed by atoms with Crippen LogP contribution in [0.15, 0.2) is 24.3 Å². The van der Waals surface area contributed by atoms with Crippen molar-refractivity contribution in [3.05, 3.63) is 47.3 Å². The molecule has 6 nitrogen and oxygen atoms in total. The van der Waals surface area contributed by atoms with Gasteiger partial charge in [0.05, 0.1) is 19.1 Å². The second kappa shape index (κ2) is 7.15. The summed E-state index contributed by atoms with van der Waals surface area (Å²) in [7, 11) is 0. The zero-order chi connectivity index (χ0) is 18.1. The molecule has 2 aliphatic heterocycles. The summed E-state index contributed by atoms with van der Waals surface area (Å²) in [6.45, 7) is 3.92. The molecule has 0 aliphatic carbocycles. The molecule has 2 fully saturated rings. The van der Waals surface area contributed by atoms with E-state index in [4.69, 9.17) is 4.74 Å².